The van der Waals surface area contributed by atoms with E-state index in [0.29, 0.717) is 0 Å². The minimum absolute atomic E-state index is 0.0102. The van der Waals surface area contributed by atoms with Crippen molar-refractivity contribution in [3.05, 3.63) is 120 Å². The normalized spacial score (nSPS) is 20.0. The molecule has 0 bridgehead atoms. The number of ether oxygens (including phenoxy) is 1. The second kappa shape index (κ2) is 8.99. The molecule has 1 aliphatic rings. The van der Waals surface area contributed by atoms with Gasteiger partial charge in [-0.2, -0.15) is 0 Å². The van der Waals surface area contributed by atoms with Crippen LogP contribution in [0, 0.1) is 0 Å². The second-order valence-electron chi connectivity index (χ2n) is 8.66. The molecule has 0 amide bonds. The minimum atomic E-state index is -0.310. The summed E-state index contributed by atoms with van der Waals surface area (Å²) in [6.45, 7) is 11.1. The molecule has 1 aliphatic heterocycles. The van der Waals surface area contributed by atoms with Crippen molar-refractivity contribution in [2.24, 2.45) is 0 Å². The fourth-order valence-corrected chi connectivity index (χ4v) is 4.59. The van der Waals surface area contributed by atoms with E-state index < -0.39 is 0 Å². The molecule has 1 heterocycles. The van der Waals surface area contributed by atoms with Crippen molar-refractivity contribution in [1.82, 2.24) is 4.90 Å². The molecular formula is C28H31NO. The highest BCUT2D eigenvalue weighted by molar-refractivity contribution is 5.38. The molecular weight excluding hydrogens is 366 g/mol. The van der Waals surface area contributed by atoms with Crippen LogP contribution in [0.3, 0.4) is 0 Å². The van der Waals surface area contributed by atoms with E-state index in [1.54, 1.807) is 0 Å². The van der Waals surface area contributed by atoms with E-state index in [4.69, 9.17) is 4.74 Å². The molecule has 0 saturated heterocycles. The molecule has 30 heavy (non-hydrogen) atoms. The van der Waals surface area contributed by atoms with Gasteiger partial charge in [-0.15, -0.1) is 6.58 Å². The Morgan fingerprint density at radius 2 is 1.37 bits per heavy atom. The van der Waals surface area contributed by atoms with Gasteiger partial charge in [-0.3, -0.25) is 4.90 Å². The molecule has 0 aromatic heterocycles. The predicted octanol–water partition coefficient (Wildman–Crippen LogP) is 6.29. The van der Waals surface area contributed by atoms with Crippen LogP contribution < -0.4 is 0 Å². The van der Waals surface area contributed by atoms with Crippen LogP contribution in [0.4, 0.5) is 0 Å². The van der Waals surface area contributed by atoms with Gasteiger partial charge < -0.3 is 4.74 Å². The van der Waals surface area contributed by atoms with E-state index in [1.807, 2.05) is 6.08 Å². The van der Waals surface area contributed by atoms with E-state index >= 15 is 0 Å². The summed E-state index contributed by atoms with van der Waals surface area (Å²) in [6.07, 6.45) is 1.97. The zero-order chi connectivity index (χ0) is 21.0. The molecule has 2 atom stereocenters. The quantitative estimate of drug-likeness (QED) is 0.434. The first-order valence-electron chi connectivity index (χ1n) is 10.8. The summed E-state index contributed by atoms with van der Waals surface area (Å²) in [5.74, 6) is 0.249. The Labute approximate surface area is 180 Å². The van der Waals surface area contributed by atoms with Crippen LogP contribution >= 0.6 is 0 Å². The van der Waals surface area contributed by atoms with E-state index in [0.717, 1.165) is 19.6 Å². The topological polar surface area (TPSA) is 12.5 Å². The summed E-state index contributed by atoms with van der Waals surface area (Å²) < 4.78 is 6.52. The minimum Gasteiger partial charge on any atom is -0.363 e. The van der Waals surface area contributed by atoms with Crippen molar-refractivity contribution in [2.45, 2.75) is 44.6 Å². The molecule has 0 fully saturated rings. The van der Waals surface area contributed by atoms with Gasteiger partial charge in [0.05, 0.1) is 11.7 Å². The SMILES string of the molecule is C=C[C@@H]1OC(C)(C)c2ccccc2[C@H]1CN(Cc1ccccc1)Cc1ccccc1. The molecule has 2 nitrogen and oxygen atoms in total. The number of nitrogens with zero attached hydrogens (tertiary/aromatic N) is 1. The highest BCUT2D eigenvalue weighted by atomic mass is 16.5. The highest BCUT2D eigenvalue weighted by Crippen LogP contribution is 2.42. The lowest BCUT2D eigenvalue weighted by atomic mass is 9.80. The van der Waals surface area contributed by atoms with Gasteiger partial charge in [0.2, 0.25) is 0 Å². The molecule has 2 heteroatoms. The molecule has 3 aromatic rings. The first-order chi connectivity index (χ1) is 14.6. The summed E-state index contributed by atoms with van der Waals surface area (Å²) in [4.78, 5) is 2.53. The van der Waals surface area contributed by atoms with Crippen LogP contribution in [0.25, 0.3) is 0 Å². The molecule has 0 saturated carbocycles. The number of benzene rings is 3. The van der Waals surface area contributed by atoms with Gasteiger partial charge in [0.1, 0.15) is 0 Å². The Bertz CT molecular complexity index is 923. The van der Waals surface area contributed by atoms with Gasteiger partial charge in [-0.1, -0.05) is 91.0 Å². The molecule has 154 valence electrons. The Balaban J connectivity index is 1.66. The number of fused-ring (bicyclic) bond motifs is 1. The van der Waals surface area contributed by atoms with Gasteiger partial charge in [0, 0.05) is 25.6 Å². The third kappa shape index (κ3) is 4.56. The maximum atomic E-state index is 6.52. The van der Waals surface area contributed by atoms with Crippen molar-refractivity contribution in [1.29, 1.82) is 0 Å². The Morgan fingerprint density at radius 3 is 1.93 bits per heavy atom. The first kappa shape index (κ1) is 20.6. The standard InChI is InChI=1S/C28H31NO/c1-4-27-25(24-17-11-12-18-26(24)28(2,3)30-27)21-29(19-22-13-7-5-8-14-22)20-23-15-9-6-10-16-23/h4-18,25,27H,1,19-21H2,2-3H3/t25-,27+/m1/s1. The number of rotatable bonds is 7. The first-order valence-corrected chi connectivity index (χ1v) is 10.8. The highest BCUT2D eigenvalue weighted by Gasteiger charge is 2.39. The average Bonchev–Trinajstić information content (AvgIpc) is 2.77. The van der Waals surface area contributed by atoms with Gasteiger partial charge in [0.15, 0.2) is 0 Å². The van der Waals surface area contributed by atoms with Crippen molar-refractivity contribution in [2.75, 3.05) is 6.54 Å². The predicted molar refractivity (Wildman–Crippen MR) is 124 cm³/mol. The van der Waals surface area contributed by atoms with Crippen LogP contribution in [-0.2, 0) is 23.4 Å². The summed E-state index contributed by atoms with van der Waals surface area (Å²) in [6, 6.07) is 30.2. The van der Waals surface area contributed by atoms with Crippen LogP contribution in [-0.4, -0.2) is 17.5 Å². The second-order valence-corrected chi connectivity index (χ2v) is 8.66. The van der Waals surface area contributed by atoms with Crippen molar-refractivity contribution < 1.29 is 4.74 Å². The summed E-state index contributed by atoms with van der Waals surface area (Å²) in [5, 5.41) is 0. The maximum Gasteiger partial charge on any atom is 0.0886 e. The fourth-order valence-electron chi connectivity index (χ4n) is 4.59. The summed E-state index contributed by atoms with van der Waals surface area (Å²) in [5.41, 5.74) is 5.01. The van der Waals surface area contributed by atoms with Crippen LogP contribution in [0.1, 0.15) is 42.0 Å². The van der Waals surface area contributed by atoms with Gasteiger partial charge >= 0.3 is 0 Å². The Morgan fingerprint density at radius 1 is 0.833 bits per heavy atom. The van der Waals surface area contributed by atoms with E-state index in [1.165, 1.54) is 22.3 Å². The van der Waals surface area contributed by atoms with Crippen molar-refractivity contribution in [3.8, 4) is 0 Å². The zero-order valence-electron chi connectivity index (χ0n) is 18.0. The maximum absolute atomic E-state index is 6.52. The third-order valence-corrected chi connectivity index (χ3v) is 6.02. The van der Waals surface area contributed by atoms with E-state index in [9.17, 15) is 0 Å². The molecule has 0 spiro atoms. The molecule has 0 unspecified atom stereocenters. The Hall–Kier alpha value is -2.68. The monoisotopic (exact) mass is 397 g/mol. The van der Waals surface area contributed by atoms with Crippen molar-refractivity contribution in [3.63, 3.8) is 0 Å². The van der Waals surface area contributed by atoms with E-state index in [2.05, 4.69) is 110 Å². The van der Waals surface area contributed by atoms with Gasteiger partial charge in [-0.05, 0) is 36.1 Å². The van der Waals surface area contributed by atoms with Crippen LogP contribution in [0.15, 0.2) is 97.6 Å². The van der Waals surface area contributed by atoms with Gasteiger partial charge in [-0.25, -0.2) is 0 Å². The lowest BCUT2D eigenvalue weighted by molar-refractivity contribution is -0.0835. The average molecular weight is 398 g/mol. The molecule has 0 aliphatic carbocycles. The van der Waals surface area contributed by atoms with Crippen molar-refractivity contribution >= 4 is 0 Å². The number of hydrogen-bond donors (Lipinski definition) is 0. The Kier molecular flexibility index (Phi) is 6.17. The number of hydrogen-bond acceptors (Lipinski definition) is 2. The smallest absolute Gasteiger partial charge is 0.0886 e. The largest absolute Gasteiger partial charge is 0.363 e. The summed E-state index contributed by atoms with van der Waals surface area (Å²) >= 11 is 0. The van der Waals surface area contributed by atoms with Gasteiger partial charge in [0.25, 0.3) is 0 Å². The summed E-state index contributed by atoms with van der Waals surface area (Å²) in [7, 11) is 0. The fraction of sp³-hybridized carbons (Fsp3) is 0.286. The molecule has 3 aromatic carbocycles. The lowest BCUT2D eigenvalue weighted by Gasteiger charge is -2.43. The van der Waals surface area contributed by atoms with Crippen LogP contribution in [0.5, 0.6) is 0 Å². The molecule has 4 rings (SSSR count). The molecule has 0 N–H and O–H groups in total. The third-order valence-electron chi connectivity index (χ3n) is 6.02. The zero-order valence-corrected chi connectivity index (χ0v) is 18.0. The lowest BCUT2D eigenvalue weighted by Crippen LogP contribution is -2.42. The van der Waals surface area contributed by atoms with Crippen LogP contribution in [0.2, 0.25) is 0 Å². The van der Waals surface area contributed by atoms with E-state index in [-0.39, 0.29) is 17.6 Å². The molecule has 0 radical (unpaired) electrons.